The minimum absolute atomic E-state index is 0.139. The van der Waals surface area contributed by atoms with Crippen LogP contribution < -0.4 is 0 Å². The van der Waals surface area contributed by atoms with Crippen LogP contribution in [0.2, 0.25) is 0 Å². The third-order valence-corrected chi connectivity index (χ3v) is 4.97. The Morgan fingerprint density at radius 2 is 2.12 bits per heavy atom. The number of amides is 1. The van der Waals surface area contributed by atoms with Gasteiger partial charge in [-0.05, 0) is 38.3 Å². The van der Waals surface area contributed by atoms with Crippen LogP contribution in [0.25, 0.3) is 10.2 Å². The van der Waals surface area contributed by atoms with E-state index in [0.717, 1.165) is 41.2 Å². The summed E-state index contributed by atoms with van der Waals surface area (Å²) in [6, 6.07) is 10.0. The molecule has 0 spiro atoms. The molecule has 0 radical (unpaired) electrons. The molecular weight excluding hydrogens is 322 g/mol. The summed E-state index contributed by atoms with van der Waals surface area (Å²) < 4.78 is 6.25. The molecule has 2 heterocycles. The fraction of sp³-hybridized carbons (Fsp3) is 0.389. The van der Waals surface area contributed by atoms with Crippen LogP contribution in [0, 0.1) is 6.92 Å². The van der Waals surface area contributed by atoms with Gasteiger partial charge in [-0.15, -0.1) is 11.3 Å². The van der Waals surface area contributed by atoms with Crippen molar-refractivity contribution in [3.63, 3.8) is 0 Å². The summed E-state index contributed by atoms with van der Waals surface area (Å²) in [7, 11) is 1.81. The van der Waals surface area contributed by atoms with Crippen molar-refractivity contribution in [3.05, 3.63) is 46.8 Å². The van der Waals surface area contributed by atoms with Crippen LogP contribution in [0.3, 0.4) is 0 Å². The molecule has 0 atom stereocenters. The van der Waals surface area contributed by atoms with Crippen LogP contribution >= 0.6 is 11.3 Å². The van der Waals surface area contributed by atoms with E-state index in [2.05, 4.69) is 16.2 Å². The summed E-state index contributed by atoms with van der Waals surface area (Å²) in [6.07, 6.45) is 3.33. The topological polar surface area (TPSA) is 59.2 Å². The lowest BCUT2D eigenvalue weighted by molar-refractivity contribution is -0.130. The number of fused-ring (bicyclic) bond motifs is 1. The van der Waals surface area contributed by atoms with Crippen LogP contribution in [-0.4, -0.2) is 28.0 Å². The van der Waals surface area contributed by atoms with Crippen LogP contribution in [0.4, 0.5) is 0 Å². The molecule has 126 valence electrons. The highest BCUT2D eigenvalue weighted by Crippen LogP contribution is 2.23. The fourth-order valence-corrected chi connectivity index (χ4v) is 3.60. The van der Waals surface area contributed by atoms with Crippen molar-refractivity contribution >= 4 is 27.5 Å². The van der Waals surface area contributed by atoms with E-state index in [-0.39, 0.29) is 5.91 Å². The molecule has 2 aromatic heterocycles. The van der Waals surface area contributed by atoms with Gasteiger partial charge in [0.1, 0.15) is 11.5 Å². The molecule has 0 fully saturated rings. The standard InChI is InChI=1S/C18H21N3O2S/c1-13-11-14(20-23-13)12-21(2)18(22)10-6-5-9-17-19-15-7-3-4-8-16(15)24-17/h3-4,7-8,11H,5-6,9-10,12H2,1-2H3. The van der Waals surface area contributed by atoms with Gasteiger partial charge >= 0.3 is 0 Å². The zero-order chi connectivity index (χ0) is 16.9. The van der Waals surface area contributed by atoms with Crippen molar-refractivity contribution in [1.82, 2.24) is 15.0 Å². The lowest BCUT2D eigenvalue weighted by atomic mass is 10.2. The molecule has 24 heavy (non-hydrogen) atoms. The van der Waals surface area contributed by atoms with Crippen molar-refractivity contribution < 1.29 is 9.32 Å². The number of carbonyl (C=O) groups is 1. The molecule has 3 rings (SSSR count). The predicted octanol–water partition coefficient (Wildman–Crippen LogP) is 3.96. The zero-order valence-corrected chi connectivity index (χ0v) is 14.8. The highest BCUT2D eigenvalue weighted by Gasteiger charge is 2.11. The van der Waals surface area contributed by atoms with E-state index in [0.29, 0.717) is 13.0 Å². The number of hydrogen-bond acceptors (Lipinski definition) is 5. The van der Waals surface area contributed by atoms with Crippen molar-refractivity contribution in [2.75, 3.05) is 7.05 Å². The molecular formula is C18H21N3O2S. The summed E-state index contributed by atoms with van der Waals surface area (Å²) >= 11 is 1.74. The highest BCUT2D eigenvalue weighted by atomic mass is 32.1. The maximum absolute atomic E-state index is 12.2. The van der Waals surface area contributed by atoms with E-state index in [9.17, 15) is 4.79 Å². The number of para-hydroxylation sites is 1. The lowest BCUT2D eigenvalue weighted by Gasteiger charge is -2.15. The molecule has 0 unspecified atom stereocenters. The molecule has 0 N–H and O–H groups in total. The molecule has 0 aliphatic heterocycles. The van der Waals surface area contributed by atoms with Gasteiger partial charge in [-0.25, -0.2) is 4.98 Å². The number of carbonyl (C=O) groups excluding carboxylic acids is 1. The van der Waals surface area contributed by atoms with Crippen LogP contribution in [0.1, 0.15) is 35.7 Å². The van der Waals surface area contributed by atoms with E-state index < -0.39 is 0 Å². The Labute approximate surface area is 145 Å². The molecule has 0 aliphatic rings. The third kappa shape index (κ3) is 4.20. The first kappa shape index (κ1) is 16.6. The smallest absolute Gasteiger partial charge is 0.222 e. The number of aryl methyl sites for hydroxylation is 2. The molecule has 1 amide bonds. The summed E-state index contributed by atoms with van der Waals surface area (Å²) in [5, 5.41) is 5.07. The zero-order valence-electron chi connectivity index (χ0n) is 14.0. The Balaban J connectivity index is 1.41. The average Bonchev–Trinajstić information content (AvgIpc) is 3.16. The Hall–Kier alpha value is -2.21. The molecule has 5 nitrogen and oxygen atoms in total. The van der Waals surface area contributed by atoms with E-state index in [1.165, 1.54) is 4.70 Å². The van der Waals surface area contributed by atoms with Crippen molar-refractivity contribution in [2.45, 2.75) is 39.2 Å². The van der Waals surface area contributed by atoms with Gasteiger partial charge in [0.15, 0.2) is 0 Å². The predicted molar refractivity (Wildman–Crippen MR) is 94.9 cm³/mol. The Bertz CT molecular complexity index is 791. The van der Waals surface area contributed by atoms with E-state index in [1.54, 1.807) is 23.3 Å². The fourth-order valence-electron chi connectivity index (χ4n) is 2.59. The number of nitrogens with zero attached hydrogens (tertiary/aromatic N) is 3. The molecule has 0 bridgehead atoms. The second-order valence-corrected chi connectivity index (χ2v) is 7.08. The maximum atomic E-state index is 12.2. The summed E-state index contributed by atoms with van der Waals surface area (Å²) in [4.78, 5) is 18.5. The quantitative estimate of drug-likeness (QED) is 0.609. The molecule has 1 aromatic carbocycles. The Morgan fingerprint density at radius 1 is 1.29 bits per heavy atom. The van der Waals surface area contributed by atoms with E-state index in [4.69, 9.17) is 4.52 Å². The summed E-state index contributed by atoms with van der Waals surface area (Å²) in [6.45, 7) is 2.34. The number of aromatic nitrogens is 2. The van der Waals surface area contributed by atoms with Gasteiger partial charge in [-0.3, -0.25) is 4.79 Å². The number of unbranched alkanes of at least 4 members (excludes halogenated alkanes) is 1. The third-order valence-electron chi connectivity index (χ3n) is 3.87. The van der Waals surface area contributed by atoms with Crippen molar-refractivity contribution in [2.24, 2.45) is 0 Å². The molecule has 0 aliphatic carbocycles. The van der Waals surface area contributed by atoms with Crippen LogP contribution in [0.15, 0.2) is 34.9 Å². The normalized spacial score (nSPS) is 11.1. The van der Waals surface area contributed by atoms with Gasteiger partial charge in [0, 0.05) is 19.5 Å². The largest absolute Gasteiger partial charge is 0.361 e. The van der Waals surface area contributed by atoms with Crippen molar-refractivity contribution in [3.8, 4) is 0 Å². The van der Waals surface area contributed by atoms with Crippen molar-refractivity contribution in [1.29, 1.82) is 0 Å². The van der Waals surface area contributed by atoms with Gasteiger partial charge < -0.3 is 9.42 Å². The van der Waals surface area contributed by atoms with Gasteiger partial charge in [-0.1, -0.05) is 17.3 Å². The van der Waals surface area contributed by atoms with Gasteiger partial charge in [0.2, 0.25) is 5.91 Å². The number of benzene rings is 1. The summed E-state index contributed by atoms with van der Waals surface area (Å²) in [5.74, 6) is 0.904. The first-order chi connectivity index (χ1) is 11.6. The second-order valence-electron chi connectivity index (χ2n) is 5.96. The van der Waals surface area contributed by atoms with Gasteiger partial charge in [0.05, 0.1) is 21.8 Å². The monoisotopic (exact) mass is 343 g/mol. The number of hydrogen-bond donors (Lipinski definition) is 0. The molecule has 3 aromatic rings. The number of rotatable bonds is 7. The van der Waals surface area contributed by atoms with Crippen LogP contribution in [0.5, 0.6) is 0 Å². The Kier molecular flexibility index (Phi) is 5.25. The highest BCUT2D eigenvalue weighted by molar-refractivity contribution is 7.18. The maximum Gasteiger partial charge on any atom is 0.222 e. The molecule has 0 saturated carbocycles. The van der Waals surface area contributed by atoms with Crippen LogP contribution in [-0.2, 0) is 17.8 Å². The van der Waals surface area contributed by atoms with E-state index >= 15 is 0 Å². The average molecular weight is 343 g/mol. The summed E-state index contributed by atoms with van der Waals surface area (Å²) in [5.41, 5.74) is 1.86. The van der Waals surface area contributed by atoms with Gasteiger partial charge in [0.25, 0.3) is 0 Å². The van der Waals surface area contributed by atoms with Gasteiger partial charge in [-0.2, -0.15) is 0 Å². The number of thiazole rings is 1. The second kappa shape index (κ2) is 7.57. The first-order valence-electron chi connectivity index (χ1n) is 8.12. The molecule has 0 saturated heterocycles. The van der Waals surface area contributed by atoms with E-state index in [1.807, 2.05) is 31.2 Å². The minimum atomic E-state index is 0.139. The Morgan fingerprint density at radius 3 is 2.88 bits per heavy atom. The first-order valence-corrected chi connectivity index (χ1v) is 8.94. The molecule has 6 heteroatoms. The lowest BCUT2D eigenvalue weighted by Crippen LogP contribution is -2.26. The minimum Gasteiger partial charge on any atom is -0.361 e. The SMILES string of the molecule is Cc1cc(CN(C)C(=O)CCCCc2nc3ccccc3s2)no1.